The van der Waals surface area contributed by atoms with E-state index in [1.165, 1.54) is 7.05 Å². The number of aromatic nitrogens is 2. The van der Waals surface area contributed by atoms with Crippen LogP contribution >= 0.6 is 0 Å². The first-order valence-corrected chi connectivity index (χ1v) is 10.4. The molecule has 7 nitrogen and oxygen atoms in total. The quantitative estimate of drug-likeness (QED) is 0.638. The van der Waals surface area contributed by atoms with Crippen molar-refractivity contribution in [2.45, 2.75) is 19.2 Å². The number of hydrogen-bond acceptors (Lipinski definition) is 4. The van der Waals surface area contributed by atoms with Crippen LogP contribution < -0.4 is 10.0 Å². The Bertz CT molecular complexity index is 1060. The summed E-state index contributed by atoms with van der Waals surface area (Å²) in [4.78, 5) is 12.4. The third-order valence-electron chi connectivity index (χ3n) is 4.35. The predicted octanol–water partition coefficient (Wildman–Crippen LogP) is 2.16. The number of aryl methyl sites for hydroxylation is 1. The lowest BCUT2D eigenvalue weighted by atomic mass is 10.1. The third-order valence-corrected chi connectivity index (χ3v) is 5.69. The van der Waals surface area contributed by atoms with E-state index in [1.807, 2.05) is 37.3 Å². The van der Waals surface area contributed by atoms with Crippen LogP contribution in [-0.4, -0.2) is 31.2 Å². The van der Waals surface area contributed by atoms with E-state index in [-0.39, 0.29) is 11.7 Å². The maximum absolute atomic E-state index is 12.4. The molecule has 0 aliphatic rings. The average molecular weight is 398 g/mol. The van der Waals surface area contributed by atoms with Crippen LogP contribution in [0.25, 0.3) is 5.69 Å². The first-order valence-electron chi connectivity index (χ1n) is 8.76. The summed E-state index contributed by atoms with van der Waals surface area (Å²) in [6, 6.07) is 16.3. The molecule has 28 heavy (non-hydrogen) atoms. The molecular formula is C20H22N4O3S. The second kappa shape index (κ2) is 8.37. The third kappa shape index (κ3) is 4.85. The van der Waals surface area contributed by atoms with E-state index in [9.17, 15) is 13.2 Å². The highest BCUT2D eigenvalue weighted by atomic mass is 32.2. The zero-order valence-electron chi connectivity index (χ0n) is 15.7. The van der Waals surface area contributed by atoms with Gasteiger partial charge < -0.3 is 5.32 Å². The van der Waals surface area contributed by atoms with E-state index in [4.69, 9.17) is 0 Å². The normalized spacial score (nSPS) is 11.4. The lowest BCUT2D eigenvalue weighted by Gasteiger charge is -2.08. The van der Waals surface area contributed by atoms with Crippen molar-refractivity contribution in [3.8, 4) is 5.69 Å². The van der Waals surface area contributed by atoms with Gasteiger partial charge in [0, 0.05) is 24.0 Å². The van der Waals surface area contributed by atoms with E-state index in [1.54, 1.807) is 35.1 Å². The van der Waals surface area contributed by atoms with Gasteiger partial charge in [-0.05, 0) is 55.4 Å². The molecule has 0 unspecified atom stereocenters. The molecule has 0 aliphatic carbocycles. The second-order valence-electron chi connectivity index (χ2n) is 6.39. The van der Waals surface area contributed by atoms with Crippen LogP contribution in [0.3, 0.4) is 0 Å². The molecule has 0 saturated carbocycles. The lowest BCUT2D eigenvalue weighted by Crippen LogP contribution is -2.23. The molecule has 0 aliphatic heterocycles. The minimum Gasteiger partial charge on any atom is -0.348 e. The van der Waals surface area contributed by atoms with Crippen LogP contribution in [0, 0.1) is 6.92 Å². The summed E-state index contributed by atoms with van der Waals surface area (Å²) in [6.45, 7) is 2.32. The van der Waals surface area contributed by atoms with Gasteiger partial charge in [0.1, 0.15) is 0 Å². The second-order valence-corrected chi connectivity index (χ2v) is 8.32. The summed E-state index contributed by atoms with van der Waals surface area (Å²) in [7, 11) is -1.90. The highest BCUT2D eigenvalue weighted by Crippen LogP contribution is 2.12. The Hall–Kier alpha value is -2.97. The average Bonchev–Trinajstić information content (AvgIpc) is 3.13. The molecule has 1 amide bonds. The van der Waals surface area contributed by atoms with Crippen molar-refractivity contribution in [2.24, 2.45) is 0 Å². The van der Waals surface area contributed by atoms with Gasteiger partial charge in [-0.2, -0.15) is 5.10 Å². The Labute approximate surface area is 164 Å². The standard InChI is InChI=1S/C20H22N4O3S/c1-15-11-12-23-24(15)19-9-7-18(8-10-19)20(25)22-13-16-3-5-17(6-4-16)14-28(26,27)21-2/h3-12,21H,13-14H2,1-2H3,(H,22,25). The summed E-state index contributed by atoms with van der Waals surface area (Å²) in [5.74, 6) is -0.247. The monoisotopic (exact) mass is 398 g/mol. The predicted molar refractivity (Wildman–Crippen MR) is 108 cm³/mol. The van der Waals surface area contributed by atoms with Gasteiger partial charge in [0.2, 0.25) is 10.0 Å². The summed E-state index contributed by atoms with van der Waals surface area (Å²) in [5, 5.41) is 7.11. The molecule has 8 heteroatoms. The van der Waals surface area contributed by atoms with Crippen LogP contribution in [0.2, 0.25) is 0 Å². The molecule has 0 spiro atoms. The number of nitrogens with one attached hydrogen (secondary N) is 2. The number of sulfonamides is 1. The minimum atomic E-state index is -3.30. The van der Waals surface area contributed by atoms with Crippen LogP contribution in [0.4, 0.5) is 0 Å². The molecule has 0 bridgehead atoms. The lowest BCUT2D eigenvalue weighted by molar-refractivity contribution is 0.0951. The molecule has 2 aromatic carbocycles. The Morgan fingerprint density at radius 2 is 1.64 bits per heavy atom. The Morgan fingerprint density at radius 1 is 1.00 bits per heavy atom. The van der Waals surface area contributed by atoms with Crippen molar-refractivity contribution >= 4 is 15.9 Å². The smallest absolute Gasteiger partial charge is 0.251 e. The molecule has 3 rings (SSSR count). The highest BCUT2D eigenvalue weighted by molar-refractivity contribution is 7.88. The van der Waals surface area contributed by atoms with Crippen molar-refractivity contribution in [3.63, 3.8) is 0 Å². The first kappa shape index (κ1) is 19.8. The number of nitrogens with zero attached hydrogens (tertiary/aromatic N) is 2. The van der Waals surface area contributed by atoms with E-state index in [0.717, 1.165) is 16.9 Å². The van der Waals surface area contributed by atoms with Crippen molar-refractivity contribution in [3.05, 3.63) is 83.2 Å². The van der Waals surface area contributed by atoms with E-state index in [2.05, 4.69) is 15.1 Å². The van der Waals surface area contributed by atoms with Gasteiger partial charge in [-0.1, -0.05) is 24.3 Å². The number of amides is 1. The van der Waals surface area contributed by atoms with Crippen LogP contribution in [0.15, 0.2) is 60.8 Å². The fraction of sp³-hybridized carbons (Fsp3) is 0.200. The zero-order valence-corrected chi connectivity index (χ0v) is 16.5. The molecule has 0 fully saturated rings. The maximum Gasteiger partial charge on any atom is 0.251 e. The number of carbonyl (C=O) groups is 1. The highest BCUT2D eigenvalue weighted by Gasteiger charge is 2.09. The molecule has 146 valence electrons. The van der Waals surface area contributed by atoms with E-state index in [0.29, 0.717) is 17.7 Å². The van der Waals surface area contributed by atoms with Gasteiger partial charge in [0.15, 0.2) is 0 Å². The Kier molecular flexibility index (Phi) is 5.91. The maximum atomic E-state index is 12.4. The minimum absolute atomic E-state index is 0.0712. The number of benzene rings is 2. The number of hydrogen-bond donors (Lipinski definition) is 2. The topological polar surface area (TPSA) is 93.1 Å². The molecule has 1 heterocycles. The molecule has 0 radical (unpaired) electrons. The first-order chi connectivity index (χ1) is 13.4. The van der Waals surface area contributed by atoms with Crippen LogP contribution in [0.5, 0.6) is 0 Å². The van der Waals surface area contributed by atoms with Crippen molar-refractivity contribution in [1.29, 1.82) is 0 Å². The van der Waals surface area contributed by atoms with E-state index < -0.39 is 10.0 Å². The van der Waals surface area contributed by atoms with Crippen LogP contribution in [0.1, 0.15) is 27.2 Å². The fourth-order valence-corrected chi connectivity index (χ4v) is 3.50. The van der Waals surface area contributed by atoms with Gasteiger partial charge in [-0.25, -0.2) is 17.8 Å². The summed E-state index contributed by atoms with van der Waals surface area (Å²) >= 11 is 0. The molecule has 1 aromatic heterocycles. The van der Waals surface area contributed by atoms with Crippen molar-refractivity contribution < 1.29 is 13.2 Å². The molecule has 0 atom stereocenters. The van der Waals surface area contributed by atoms with Gasteiger partial charge in [0.25, 0.3) is 5.91 Å². The fourth-order valence-electron chi connectivity index (χ4n) is 2.72. The molecular weight excluding hydrogens is 376 g/mol. The SMILES string of the molecule is CNS(=O)(=O)Cc1ccc(CNC(=O)c2ccc(-n3nccc3C)cc2)cc1. The van der Waals surface area contributed by atoms with E-state index >= 15 is 0 Å². The Balaban J connectivity index is 1.59. The number of rotatable bonds is 7. The van der Waals surface area contributed by atoms with Gasteiger partial charge >= 0.3 is 0 Å². The summed E-state index contributed by atoms with van der Waals surface area (Å²) < 4.78 is 27.2. The Morgan fingerprint density at radius 3 is 2.21 bits per heavy atom. The van der Waals surface area contributed by atoms with Crippen LogP contribution in [-0.2, 0) is 22.3 Å². The summed E-state index contributed by atoms with van der Waals surface area (Å²) in [5.41, 5.74) is 4.05. The zero-order chi connectivity index (χ0) is 20.1. The molecule has 3 aromatic rings. The largest absolute Gasteiger partial charge is 0.348 e. The van der Waals surface area contributed by atoms with Crippen molar-refractivity contribution in [2.75, 3.05) is 7.05 Å². The molecule has 2 N–H and O–H groups in total. The summed E-state index contributed by atoms with van der Waals surface area (Å²) in [6.07, 6.45) is 1.73. The molecule has 0 saturated heterocycles. The van der Waals surface area contributed by atoms with Gasteiger partial charge in [-0.15, -0.1) is 0 Å². The number of carbonyl (C=O) groups excluding carboxylic acids is 1. The van der Waals surface area contributed by atoms with Gasteiger partial charge in [-0.3, -0.25) is 4.79 Å². The van der Waals surface area contributed by atoms with Gasteiger partial charge in [0.05, 0.1) is 11.4 Å². The van der Waals surface area contributed by atoms with Crippen molar-refractivity contribution in [1.82, 2.24) is 19.8 Å².